The van der Waals surface area contributed by atoms with Crippen LogP contribution in [0.25, 0.3) is 0 Å². The molecule has 1 saturated heterocycles. The maximum absolute atomic E-state index is 9.81. The number of benzene rings is 1. The maximum Gasteiger partial charge on any atom is 0.0618 e. The van der Waals surface area contributed by atoms with Crippen molar-refractivity contribution in [1.29, 1.82) is 0 Å². The molecule has 1 atom stereocenters. The minimum Gasteiger partial charge on any atom is -0.390 e. The van der Waals surface area contributed by atoms with Crippen molar-refractivity contribution in [2.45, 2.75) is 64.1 Å². The van der Waals surface area contributed by atoms with Gasteiger partial charge in [0.25, 0.3) is 0 Å². The Bertz CT molecular complexity index is 434. The van der Waals surface area contributed by atoms with Gasteiger partial charge in [-0.3, -0.25) is 4.90 Å². The van der Waals surface area contributed by atoms with Gasteiger partial charge < -0.3 is 9.84 Å². The van der Waals surface area contributed by atoms with Gasteiger partial charge in [-0.2, -0.15) is 0 Å². The first kappa shape index (κ1) is 17.5. The minimum absolute atomic E-state index is 0.564. The molecule has 1 N–H and O–H groups in total. The van der Waals surface area contributed by atoms with Crippen LogP contribution in [-0.4, -0.2) is 41.9 Å². The Labute approximate surface area is 135 Å². The summed E-state index contributed by atoms with van der Waals surface area (Å²) in [5.74, 6) is 0. The van der Waals surface area contributed by atoms with Crippen molar-refractivity contribution in [2.75, 3.05) is 20.3 Å². The molecule has 1 aromatic carbocycles. The predicted molar refractivity (Wildman–Crippen MR) is 91.0 cm³/mol. The lowest BCUT2D eigenvalue weighted by atomic mass is 9.98. The maximum atomic E-state index is 9.81. The fourth-order valence-electron chi connectivity index (χ4n) is 3.15. The van der Waals surface area contributed by atoms with E-state index >= 15 is 0 Å². The third kappa shape index (κ3) is 5.71. The van der Waals surface area contributed by atoms with E-state index in [4.69, 9.17) is 4.74 Å². The van der Waals surface area contributed by atoms with Crippen molar-refractivity contribution in [3.05, 3.63) is 35.4 Å². The van der Waals surface area contributed by atoms with Gasteiger partial charge in [-0.15, -0.1) is 0 Å². The number of hydrogen-bond acceptors (Lipinski definition) is 3. The normalized spacial score (nSPS) is 20.3. The van der Waals surface area contributed by atoms with E-state index in [0.29, 0.717) is 6.04 Å². The molecule has 0 radical (unpaired) electrons. The lowest BCUT2D eigenvalue weighted by Crippen LogP contribution is -2.41. The molecule has 124 valence electrons. The third-order valence-electron chi connectivity index (χ3n) is 4.54. The molecule has 3 heteroatoms. The van der Waals surface area contributed by atoms with Crippen LogP contribution in [0.4, 0.5) is 0 Å². The lowest BCUT2D eigenvalue weighted by molar-refractivity contribution is 0.0600. The quantitative estimate of drug-likeness (QED) is 0.838. The smallest absolute Gasteiger partial charge is 0.0618 e. The fraction of sp³-hybridized carbons (Fsp3) is 0.684. The van der Waals surface area contributed by atoms with E-state index in [1.807, 2.05) is 13.8 Å². The molecule has 0 aliphatic carbocycles. The highest BCUT2D eigenvalue weighted by Gasteiger charge is 2.22. The zero-order valence-corrected chi connectivity index (χ0v) is 14.3. The molecule has 22 heavy (non-hydrogen) atoms. The van der Waals surface area contributed by atoms with E-state index in [0.717, 1.165) is 26.0 Å². The molecule has 2 rings (SSSR count). The van der Waals surface area contributed by atoms with Gasteiger partial charge in [-0.25, -0.2) is 0 Å². The Morgan fingerprint density at radius 3 is 2.50 bits per heavy atom. The number of aliphatic hydroxyl groups is 1. The molecule has 1 aliphatic rings. The summed E-state index contributed by atoms with van der Waals surface area (Å²) >= 11 is 0. The molecule has 1 aromatic rings. The van der Waals surface area contributed by atoms with Gasteiger partial charge >= 0.3 is 0 Å². The van der Waals surface area contributed by atoms with E-state index in [9.17, 15) is 5.11 Å². The fourth-order valence-corrected chi connectivity index (χ4v) is 3.15. The predicted octanol–water partition coefficient (Wildman–Crippen LogP) is 3.39. The van der Waals surface area contributed by atoms with E-state index in [1.165, 1.54) is 36.9 Å². The number of aryl methyl sites for hydroxylation is 1. The molecule has 0 amide bonds. The van der Waals surface area contributed by atoms with Gasteiger partial charge in [0.2, 0.25) is 0 Å². The van der Waals surface area contributed by atoms with Crippen LogP contribution >= 0.6 is 0 Å². The summed E-state index contributed by atoms with van der Waals surface area (Å²) in [6.45, 7) is 6.76. The second kappa shape index (κ2) is 8.09. The van der Waals surface area contributed by atoms with Crippen molar-refractivity contribution < 1.29 is 9.84 Å². The molecular weight excluding hydrogens is 274 g/mol. The van der Waals surface area contributed by atoms with E-state index in [-0.39, 0.29) is 0 Å². The van der Waals surface area contributed by atoms with Crippen molar-refractivity contribution in [3.63, 3.8) is 0 Å². The summed E-state index contributed by atoms with van der Waals surface area (Å²) < 4.78 is 5.37. The molecule has 0 bridgehead atoms. The van der Waals surface area contributed by atoms with E-state index < -0.39 is 5.60 Å². The van der Waals surface area contributed by atoms with Crippen molar-refractivity contribution >= 4 is 0 Å². The number of nitrogens with zero attached hydrogens (tertiary/aromatic N) is 1. The van der Waals surface area contributed by atoms with Crippen LogP contribution in [0, 0.1) is 0 Å². The highest BCUT2D eigenvalue weighted by molar-refractivity contribution is 5.23. The third-order valence-corrected chi connectivity index (χ3v) is 4.54. The van der Waals surface area contributed by atoms with Crippen molar-refractivity contribution in [3.8, 4) is 0 Å². The summed E-state index contributed by atoms with van der Waals surface area (Å²) in [5.41, 5.74) is 2.09. The zero-order chi connectivity index (χ0) is 16.0. The summed E-state index contributed by atoms with van der Waals surface area (Å²) in [5, 5.41) is 9.81. The Morgan fingerprint density at radius 1 is 1.18 bits per heavy atom. The summed E-state index contributed by atoms with van der Waals surface area (Å²) in [7, 11) is 1.80. The van der Waals surface area contributed by atoms with E-state index in [2.05, 4.69) is 29.2 Å². The highest BCUT2D eigenvalue weighted by atomic mass is 16.5. The number of hydrogen-bond donors (Lipinski definition) is 1. The van der Waals surface area contributed by atoms with Gasteiger partial charge in [0, 0.05) is 19.7 Å². The Kier molecular flexibility index (Phi) is 6.42. The van der Waals surface area contributed by atoms with Crippen LogP contribution in [0.1, 0.15) is 50.7 Å². The van der Waals surface area contributed by atoms with Crippen LogP contribution in [0.15, 0.2) is 24.3 Å². The average Bonchev–Trinajstić information content (AvgIpc) is 2.48. The first-order valence-corrected chi connectivity index (χ1v) is 8.51. The molecular formula is C19H31NO2. The van der Waals surface area contributed by atoms with Crippen molar-refractivity contribution in [2.24, 2.45) is 0 Å². The minimum atomic E-state index is -0.583. The van der Waals surface area contributed by atoms with Gasteiger partial charge in [0.05, 0.1) is 12.2 Å². The largest absolute Gasteiger partial charge is 0.390 e. The van der Waals surface area contributed by atoms with Crippen LogP contribution in [0.2, 0.25) is 0 Å². The topological polar surface area (TPSA) is 32.7 Å². The number of rotatable bonds is 7. The molecule has 0 aromatic heterocycles. The lowest BCUT2D eigenvalue weighted by Gasteiger charge is -2.35. The SMILES string of the molecule is COC[C@H]1CCCCN1Cc1ccc(CCC(C)(C)O)cc1. The van der Waals surface area contributed by atoms with Crippen LogP contribution < -0.4 is 0 Å². The molecule has 3 nitrogen and oxygen atoms in total. The molecule has 0 spiro atoms. The van der Waals surface area contributed by atoms with Gasteiger partial charge in [0.15, 0.2) is 0 Å². The summed E-state index contributed by atoms with van der Waals surface area (Å²) in [4.78, 5) is 2.55. The summed E-state index contributed by atoms with van der Waals surface area (Å²) in [6.07, 6.45) is 5.59. The van der Waals surface area contributed by atoms with Crippen LogP contribution in [-0.2, 0) is 17.7 Å². The molecule has 1 heterocycles. The second-order valence-electron chi connectivity index (χ2n) is 7.20. The molecule has 0 saturated carbocycles. The van der Waals surface area contributed by atoms with E-state index in [1.54, 1.807) is 7.11 Å². The highest BCUT2D eigenvalue weighted by Crippen LogP contribution is 2.20. The average molecular weight is 305 g/mol. The first-order valence-electron chi connectivity index (χ1n) is 8.51. The number of methoxy groups -OCH3 is 1. The standard InChI is InChI=1S/C19H31NO2/c1-19(2,21)12-11-16-7-9-17(10-8-16)14-20-13-5-4-6-18(20)15-22-3/h7-10,18,21H,4-6,11-15H2,1-3H3/t18-/m1/s1. The number of ether oxygens (including phenoxy) is 1. The number of likely N-dealkylation sites (tertiary alicyclic amines) is 1. The molecule has 0 unspecified atom stereocenters. The van der Waals surface area contributed by atoms with Crippen LogP contribution in [0.3, 0.4) is 0 Å². The number of piperidine rings is 1. The van der Waals surface area contributed by atoms with Gasteiger partial charge in [-0.1, -0.05) is 30.7 Å². The second-order valence-corrected chi connectivity index (χ2v) is 7.20. The molecule has 1 aliphatic heterocycles. The first-order chi connectivity index (χ1) is 10.5. The Hall–Kier alpha value is -0.900. The summed E-state index contributed by atoms with van der Waals surface area (Å²) in [6, 6.07) is 9.44. The van der Waals surface area contributed by atoms with Crippen molar-refractivity contribution in [1.82, 2.24) is 4.90 Å². The van der Waals surface area contributed by atoms with Gasteiger partial charge in [-0.05, 0) is 57.2 Å². The van der Waals surface area contributed by atoms with Gasteiger partial charge in [0.1, 0.15) is 0 Å². The monoisotopic (exact) mass is 305 g/mol. The Balaban J connectivity index is 1.89. The Morgan fingerprint density at radius 2 is 1.86 bits per heavy atom. The van der Waals surface area contributed by atoms with Crippen LogP contribution in [0.5, 0.6) is 0 Å². The molecule has 1 fully saturated rings. The zero-order valence-electron chi connectivity index (χ0n) is 14.3.